The summed E-state index contributed by atoms with van der Waals surface area (Å²) in [6, 6.07) is 9.48. The first kappa shape index (κ1) is 27.5. The van der Waals surface area contributed by atoms with E-state index in [0.717, 1.165) is 24.8 Å². The summed E-state index contributed by atoms with van der Waals surface area (Å²) in [5.41, 5.74) is 2.81. The SMILES string of the molecule is CCNC(=O)Nc1ncnc2c1ncn2C1CC(CCCc2[nH]cnc2C(=O)O)C2O[C@H](C=Cc3ccccc3)OC21. The van der Waals surface area contributed by atoms with Crippen LogP contribution in [0.1, 0.15) is 54.0 Å². The molecule has 4 heterocycles. The monoisotopic (exact) mass is 572 g/mol. The summed E-state index contributed by atoms with van der Waals surface area (Å²) in [4.78, 5) is 43.8. The van der Waals surface area contributed by atoms with E-state index >= 15 is 0 Å². The summed E-state index contributed by atoms with van der Waals surface area (Å²) in [7, 11) is 0. The Hall–Kier alpha value is -4.62. The number of carbonyl (C=O) groups excluding carboxylic acids is 1. The predicted octanol–water partition coefficient (Wildman–Crippen LogP) is 3.80. The third-order valence-electron chi connectivity index (χ3n) is 7.75. The number of aromatic amines is 1. The second-order valence-electron chi connectivity index (χ2n) is 10.4. The van der Waals surface area contributed by atoms with Crippen molar-refractivity contribution in [1.29, 1.82) is 0 Å². The van der Waals surface area contributed by atoms with Gasteiger partial charge in [0.25, 0.3) is 0 Å². The van der Waals surface area contributed by atoms with E-state index in [1.54, 1.807) is 6.33 Å². The number of urea groups is 1. The Labute approximate surface area is 241 Å². The van der Waals surface area contributed by atoms with Crippen molar-refractivity contribution in [3.8, 4) is 0 Å². The number of fused-ring (bicyclic) bond motifs is 2. The molecule has 13 nitrogen and oxygen atoms in total. The van der Waals surface area contributed by atoms with Crippen LogP contribution in [0.2, 0.25) is 0 Å². The van der Waals surface area contributed by atoms with Crippen molar-refractivity contribution in [3.05, 3.63) is 72.3 Å². The number of carboxylic acid groups (broad SMARTS) is 1. The number of hydrogen-bond donors (Lipinski definition) is 4. The Morgan fingerprint density at radius 1 is 1.14 bits per heavy atom. The zero-order valence-electron chi connectivity index (χ0n) is 23.0. The molecule has 0 radical (unpaired) electrons. The van der Waals surface area contributed by atoms with Crippen molar-refractivity contribution in [2.24, 2.45) is 5.92 Å². The van der Waals surface area contributed by atoms with Crippen LogP contribution in [-0.2, 0) is 15.9 Å². The van der Waals surface area contributed by atoms with Gasteiger partial charge in [-0.2, -0.15) is 0 Å². The van der Waals surface area contributed by atoms with Crippen LogP contribution in [0.4, 0.5) is 10.6 Å². The number of aromatic carboxylic acids is 1. The van der Waals surface area contributed by atoms with Gasteiger partial charge in [-0.1, -0.05) is 36.4 Å². The average Bonchev–Trinajstić information content (AvgIpc) is 3.77. The van der Waals surface area contributed by atoms with Gasteiger partial charge in [0.05, 0.1) is 24.8 Å². The number of rotatable bonds is 10. The van der Waals surface area contributed by atoms with Crippen LogP contribution in [0.15, 0.2) is 55.4 Å². The van der Waals surface area contributed by atoms with E-state index in [1.165, 1.54) is 12.7 Å². The van der Waals surface area contributed by atoms with E-state index in [1.807, 2.05) is 54.0 Å². The Kier molecular flexibility index (Phi) is 7.93. The van der Waals surface area contributed by atoms with E-state index in [0.29, 0.717) is 35.6 Å². The topological polar surface area (TPSA) is 169 Å². The van der Waals surface area contributed by atoms with Gasteiger partial charge in [0.1, 0.15) is 12.4 Å². The number of carboxylic acids is 1. The minimum Gasteiger partial charge on any atom is -0.476 e. The Bertz CT molecular complexity index is 1590. The maximum absolute atomic E-state index is 12.2. The van der Waals surface area contributed by atoms with Gasteiger partial charge in [0.2, 0.25) is 0 Å². The predicted molar refractivity (Wildman–Crippen MR) is 153 cm³/mol. The molecular weight excluding hydrogens is 540 g/mol. The second-order valence-corrected chi connectivity index (χ2v) is 10.4. The molecule has 4 N–H and O–H groups in total. The fourth-order valence-electron chi connectivity index (χ4n) is 5.90. The van der Waals surface area contributed by atoms with Crippen LogP contribution in [-0.4, -0.2) is 71.6 Å². The Morgan fingerprint density at radius 3 is 2.79 bits per heavy atom. The molecule has 218 valence electrons. The number of aromatic nitrogens is 6. The highest BCUT2D eigenvalue weighted by Crippen LogP contribution is 2.47. The van der Waals surface area contributed by atoms with E-state index < -0.39 is 12.3 Å². The van der Waals surface area contributed by atoms with Crippen molar-refractivity contribution in [3.63, 3.8) is 0 Å². The fourth-order valence-corrected chi connectivity index (χ4v) is 5.90. The van der Waals surface area contributed by atoms with E-state index in [4.69, 9.17) is 9.47 Å². The molecule has 42 heavy (non-hydrogen) atoms. The Balaban J connectivity index is 1.23. The molecule has 6 rings (SSSR count). The average molecular weight is 573 g/mol. The van der Waals surface area contributed by atoms with Crippen LogP contribution in [0.5, 0.6) is 0 Å². The highest BCUT2D eigenvalue weighted by Gasteiger charge is 2.51. The smallest absolute Gasteiger partial charge is 0.356 e. The molecule has 2 fully saturated rings. The molecule has 13 heteroatoms. The lowest BCUT2D eigenvalue weighted by Crippen LogP contribution is -2.28. The summed E-state index contributed by atoms with van der Waals surface area (Å²) in [5, 5.41) is 14.8. The number of benzene rings is 1. The van der Waals surface area contributed by atoms with Gasteiger partial charge >= 0.3 is 12.0 Å². The molecule has 4 aromatic rings. The maximum atomic E-state index is 12.2. The molecule has 1 saturated heterocycles. The lowest BCUT2D eigenvalue weighted by molar-refractivity contribution is -0.0507. The lowest BCUT2D eigenvalue weighted by atomic mass is 9.97. The Morgan fingerprint density at radius 2 is 1.98 bits per heavy atom. The molecule has 1 saturated carbocycles. The van der Waals surface area contributed by atoms with Crippen molar-refractivity contribution in [2.75, 3.05) is 11.9 Å². The van der Waals surface area contributed by atoms with Gasteiger partial charge in [-0.3, -0.25) is 5.32 Å². The quantitative estimate of drug-likeness (QED) is 0.221. The standard InChI is InChI=1S/C29H32N8O5/c1-2-30-29(40)36-26-23-27(34-15-33-26)37(16-35-23)20-13-18(9-6-10-19-22(28(38)39)32-14-31-19)24-25(20)42-21(41-24)12-11-17-7-4-3-5-8-17/h3-5,7-8,11-12,14-16,18,20-21,24-25H,2,6,9-10,13H2,1H3,(H,31,32)(H,38,39)(H2,30,33,34,36,40)/t18?,20?,21-,24?,25?/m0/s1. The van der Waals surface area contributed by atoms with E-state index in [9.17, 15) is 14.7 Å². The van der Waals surface area contributed by atoms with Crippen LogP contribution < -0.4 is 10.6 Å². The minimum absolute atomic E-state index is 0.0605. The molecule has 0 bridgehead atoms. The summed E-state index contributed by atoms with van der Waals surface area (Å²) < 4.78 is 14.9. The number of hydrogen-bond acceptors (Lipinski definition) is 8. The molecule has 1 aliphatic heterocycles. The number of amides is 2. The second kappa shape index (κ2) is 12.1. The van der Waals surface area contributed by atoms with Crippen molar-refractivity contribution in [2.45, 2.75) is 57.1 Å². The number of ether oxygens (including phenoxy) is 2. The number of aryl methyl sites for hydroxylation is 1. The molecule has 3 aromatic heterocycles. The van der Waals surface area contributed by atoms with Gasteiger partial charge in [-0.15, -0.1) is 0 Å². The number of anilines is 1. The molecule has 4 unspecified atom stereocenters. The van der Waals surface area contributed by atoms with Gasteiger partial charge in [0.15, 0.2) is 29.0 Å². The fraction of sp³-hybridized carbons (Fsp3) is 0.379. The van der Waals surface area contributed by atoms with Crippen molar-refractivity contribution < 1.29 is 24.2 Å². The first-order valence-electron chi connectivity index (χ1n) is 14.0. The lowest BCUT2D eigenvalue weighted by Gasteiger charge is -2.19. The highest BCUT2D eigenvalue weighted by molar-refractivity contribution is 5.95. The van der Waals surface area contributed by atoms with Gasteiger partial charge in [0, 0.05) is 12.2 Å². The number of nitrogens with zero attached hydrogens (tertiary/aromatic N) is 5. The zero-order chi connectivity index (χ0) is 29.1. The van der Waals surface area contributed by atoms with Gasteiger partial charge < -0.3 is 29.4 Å². The number of H-pyrrole nitrogens is 1. The molecule has 0 spiro atoms. The summed E-state index contributed by atoms with van der Waals surface area (Å²) in [5.74, 6) is -0.557. The van der Waals surface area contributed by atoms with Crippen LogP contribution in [0.25, 0.3) is 17.2 Å². The molecular formula is C29H32N8O5. The first-order chi connectivity index (χ1) is 20.5. The van der Waals surface area contributed by atoms with Crippen molar-refractivity contribution in [1.82, 2.24) is 34.8 Å². The van der Waals surface area contributed by atoms with Crippen LogP contribution in [0.3, 0.4) is 0 Å². The van der Waals surface area contributed by atoms with E-state index in [-0.39, 0.29) is 35.9 Å². The van der Waals surface area contributed by atoms with Crippen LogP contribution in [0, 0.1) is 5.92 Å². The van der Waals surface area contributed by atoms with Crippen LogP contribution >= 0.6 is 0 Å². The van der Waals surface area contributed by atoms with Gasteiger partial charge in [-0.25, -0.2) is 29.5 Å². The summed E-state index contributed by atoms with van der Waals surface area (Å²) in [6.07, 6.45) is 10.4. The van der Waals surface area contributed by atoms with Gasteiger partial charge in [-0.05, 0) is 50.2 Å². The third kappa shape index (κ3) is 5.60. The normalized spacial score (nSPS) is 23.4. The first-order valence-corrected chi connectivity index (χ1v) is 14.0. The molecule has 5 atom stereocenters. The molecule has 1 aliphatic carbocycles. The zero-order valence-corrected chi connectivity index (χ0v) is 23.0. The molecule has 1 aromatic carbocycles. The third-order valence-corrected chi connectivity index (χ3v) is 7.75. The number of carbonyl (C=O) groups is 2. The maximum Gasteiger partial charge on any atom is 0.356 e. The van der Waals surface area contributed by atoms with E-state index in [2.05, 4.69) is 35.6 Å². The highest BCUT2D eigenvalue weighted by atomic mass is 16.7. The molecule has 2 aliphatic rings. The molecule has 2 amide bonds. The minimum atomic E-state index is -1.04. The largest absolute Gasteiger partial charge is 0.476 e. The van der Waals surface area contributed by atoms with Crippen molar-refractivity contribution >= 4 is 35.1 Å². The summed E-state index contributed by atoms with van der Waals surface area (Å²) >= 11 is 0. The summed E-state index contributed by atoms with van der Waals surface area (Å²) in [6.45, 7) is 2.32. The number of imidazole rings is 2. The number of nitrogens with one attached hydrogen (secondary N) is 3.